The maximum absolute atomic E-state index is 13.0. The Bertz CT molecular complexity index is 2650. The van der Waals surface area contributed by atoms with Crippen molar-refractivity contribution in [3.05, 3.63) is 158 Å². The Morgan fingerprint density at radius 3 is 0.757 bits per heavy atom. The summed E-state index contributed by atoms with van der Waals surface area (Å²) in [6, 6.07) is 0. The summed E-state index contributed by atoms with van der Waals surface area (Å²) in [4.78, 5) is 58.9. The van der Waals surface area contributed by atoms with E-state index in [0.717, 1.165) is 180 Å². The van der Waals surface area contributed by atoms with Crippen LogP contribution in [0.5, 0.6) is 0 Å². The van der Waals surface area contributed by atoms with Gasteiger partial charge in [-0.2, -0.15) is 0 Å². The maximum atomic E-state index is 13.0. The van der Waals surface area contributed by atoms with E-state index in [1.54, 1.807) is 0 Å². The third-order valence-corrected chi connectivity index (χ3v) is 20.1. The summed E-state index contributed by atoms with van der Waals surface area (Å²) in [6.07, 6.45) is 107. The molecule has 0 bridgehead atoms. The summed E-state index contributed by atoms with van der Waals surface area (Å²) in [7, 11) is -9.81. The normalized spacial score (nSPS) is 14.6. The van der Waals surface area contributed by atoms with Crippen molar-refractivity contribution in [1.29, 1.82) is 0 Å². The minimum absolute atomic E-state index is 0.0872. The molecule has 0 aromatic heterocycles. The van der Waals surface area contributed by atoms with E-state index in [4.69, 9.17) is 32.3 Å². The number of carbonyl (C=O) groups is 3. The second-order valence-electron chi connectivity index (χ2n) is 28.9. The Balaban J connectivity index is 4.55. The maximum Gasteiger partial charge on any atom is 0.472 e. The molecule has 0 aliphatic rings. The first-order valence-electron chi connectivity index (χ1n) is 43.8. The fraction of sp³-hybridized carbons (Fsp3) is 0.688. The fourth-order valence-electron chi connectivity index (χ4n) is 11.6. The van der Waals surface area contributed by atoms with Gasteiger partial charge >= 0.3 is 33.6 Å². The highest BCUT2D eigenvalue weighted by molar-refractivity contribution is 7.47. The van der Waals surface area contributed by atoms with Crippen molar-refractivity contribution in [3.8, 4) is 0 Å². The number of hydrogen-bond donors (Lipinski definition) is 4. The van der Waals surface area contributed by atoms with E-state index in [9.17, 15) is 43.5 Å². The number of rotatable bonds is 82. The molecule has 18 heteroatoms. The minimum atomic E-state index is -4.94. The predicted octanol–water partition coefficient (Wildman–Crippen LogP) is 26.5. The molecule has 0 spiro atoms. The van der Waals surface area contributed by atoms with Crippen LogP contribution in [0.25, 0.3) is 0 Å². The van der Waals surface area contributed by atoms with Crippen LogP contribution in [-0.2, 0) is 55.8 Å². The van der Waals surface area contributed by atoms with Crippen LogP contribution in [0, 0.1) is 0 Å². The molecule has 0 heterocycles. The third-order valence-electron chi connectivity index (χ3n) is 18.2. The molecule has 5 atom stereocenters. The molecule has 5 unspecified atom stereocenters. The predicted molar refractivity (Wildman–Crippen MR) is 463 cm³/mol. The van der Waals surface area contributed by atoms with E-state index in [1.807, 2.05) is 0 Å². The van der Waals surface area contributed by atoms with Gasteiger partial charge in [-0.1, -0.05) is 346 Å². The van der Waals surface area contributed by atoms with Crippen LogP contribution in [0.4, 0.5) is 0 Å². The molecule has 0 aromatic carbocycles. The van der Waals surface area contributed by atoms with Gasteiger partial charge in [0.2, 0.25) is 0 Å². The van der Waals surface area contributed by atoms with Gasteiger partial charge in [0.25, 0.3) is 0 Å². The monoisotopic (exact) mass is 1590 g/mol. The van der Waals surface area contributed by atoms with Gasteiger partial charge in [0.15, 0.2) is 6.10 Å². The van der Waals surface area contributed by atoms with Crippen LogP contribution in [0.2, 0.25) is 0 Å². The van der Waals surface area contributed by atoms with Gasteiger partial charge in [-0.25, -0.2) is 9.13 Å². The number of phosphoric ester groups is 2. The van der Waals surface area contributed by atoms with Crippen LogP contribution in [-0.4, -0.2) is 95.9 Å². The minimum Gasteiger partial charge on any atom is -0.463 e. The van der Waals surface area contributed by atoms with Gasteiger partial charge in [-0.3, -0.25) is 32.5 Å². The molecule has 0 rings (SSSR count). The number of ether oxygens (including phenoxy) is 3. The SMILES string of the molecule is CC/C=C\C/C=C\C/C=C\C/C=C\C/C=C\C/C=C\CCCCCCCCCCC(=O)OCC(COP(=O)(O)OCC(O)COP(=O)(O)OCC(O)COC(=O)CCCCCCCCCCCCCCCCC/C=C\C/C=C\C/C=C\C/C=C\CCCCC)OC(=O)CCCCCCCCC/C=C\C/C=C\C/C=C\CC. The molecule has 16 nitrogen and oxygen atoms in total. The lowest BCUT2D eigenvalue weighted by molar-refractivity contribution is -0.161. The summed E-state index contributed by atoms with van der Waals surface area (Å²) in [5.41, 5.74) is 0. The zero-order valence-corrected chi connectivity index (χ0v) is 71.6. The topological polar surface area (TPSA) is 231 Å². The summed E-state index contributed by atoms with van der Waals surface area (Å²) in [6.45, 7) is 2.44. The summed E-state index contributed by atoms with van der Waals surface area (Å²) in [5, 5.41) is 20.7. The third kappa shape index (κ3) is 85.9. The van der Waals surface area contributed by atoms with Crippen LogP contribution in [0.1, 0.15) is 355 Å². The standard InChI is InChI=1S/C93H158O16P2/c1-4-7-10-13-16-19-22-25-28-31-33-35-37-39-41-42-43-44-46-48-49-51-53-56-58-61-64-67-70-73-76-79-91(96)103-82-88(94)83-105-110(99,100)106-84-89(95)85-107-111(101,102)108-87-90(109-93(98)81-78-75-72-69-66-63-60-55-30-27-24-21-18-15-12-9-6-3)86-104-92(97)80-77-74-71-68-65-62-59-57-54-52-50-47-45-40-38-36-34-32-29-26-23-20-17-14-11-8-5-2/h8-9,11-12,16-21,25-30,33-36,39-41,45,50,52,88-90,94-95H,4-7,10,13-15,22-24,31-32,37-38,42-44,46-49,51,53-87H2,1-3H3,(H,99,100)(H,101,102)/b11-8-,12-9-,19-16-,20-17-,21-18-,28-25-,29-26-,30-27-,35-33-,36-34-,41-39-,45-40-,52-50-. The van der Waals surface area contributed by atoms with Gasteiger partial charge in [0.1, 0.15) is 25.4 Å². The van der Waals surface area contributed by atoms with E-state index >= 15 is 0 Å². The lowest BCUT2D eigenvalue weighted by Crippen LogP contribution is -2.30. The van der Waals surface area contributed by atoms with Crippen molar-refractivity contribution in [2.75, 3.05) is 39.6 Å². The van der Waals surface area contributed by atoms with E-state index in [1.165, 1.54) is 116 Å². The van der Waals surface area contributed by atoms with Gasteiger partial charge in [-0.15, -0.1) is 0 Å². The Labute approximate surface area is 676 Å². The lowest BCUT2D eigenvalue weighted by atomic mass is 10.0. The summed E-state index contributed by atoms with van der Waals surface area (Å²) >= 11 is 0. The highest BCUT2D eigenvalue weighted by Gasteiger charge is 2.29. The van der Waals surface area contributed by atoms with E-state index in [2.05, 4.69) is 179 Å². The quantitative estimate of drug-likeness (QED) is 0.0146. The zero-order valence-electron chi connectivity index (χ0n) is 69.8. The van der Waals surface area contributed by atoms with Gasteiger partial charge in [-0.05, 0) is 148 Å². The molecular formula is C93H158O16P2. The highest BCUT2D eigenvalue weighted by Crippen LogP contribution is 2.45. The largest absolute Gasteiger partial charge is 0.472 e. The van der Waals surface area contributed by atoms with E-state index in [0.29, 0.717) is 19.3 Å². The van der Waals surface area contributed by atoms with Crippen LogP contribution in [0.15, 0.2) is 158 Å². The smallest absolute Gasteiger partial charge is 0.463 e. The highest BCUT2D eigenvalue weighted by atomic mass is 31.2. The fourth-order valence-corrected chi connectivity index (χ4v) is 13.2. The lowest BCUT2D eigenvalue weighted by Gasteiger charge is -2.21. The van der Waals surface area contributed by atoms with Crippen LogP contribution >= 0.6 is 15.6 Å². The second kappa shape index (κ2) is 84.6. The molecule has 0 fully saturated rings. The molecule has 111 heavy (non-hydrogen) atoms. The first-order valence-corrected chi connectivity index (χ1v) is 46.8. The number of esters is 3. The van der Waals surface area contributed by atoms with Crippen LogP contribution < -0.4 is 0 Å². The number of unbranched alkanes of at least 4 members (excludes halogenated alkanes) is 33. The molecule has 636 valence electrons. The molecule has 0 aliphatic carbocycles. The average molecular weight is 1590 g/mol. The van der Waals surface area contributed by atoms with Crippen molar-refractivity contribution < 1.29 is 75.8 Å². The number of carbonyl (C=O) groups excluding carboxylic acids is 3. The van der Waals surface area contributed by atoms with Crippen molar-refractivity contribution in [2.24, 2.45) is 0 Å². The van der Waals surface area contributed by atoms with Crippen molar-refractivity contribution in [1.82, 2.24) is 0 Å². The Morgan fingerprint density at radius 1 is 0.261 bits per heavy atom. The van der Waals surface area contributed by atoms with E-state index in [-0.39, 0.29) is 19.3 Å². The van der Waals surface area contributed by atoms with Gasteiger partial charge in [0.05, 0.1) is 26.4 Å². The molecule has 0 radical (unpaired) electrons. The first kappa shape index (κ1) is 106. The first-order chi connectivity index (χ1) is 54.2. The van der Waals surface area contributed by atoms with Crippen molar-refractivity contribution in [2.45, 2.75) is 373 Å². The molecule has 0 aliphatic heterocycles. The average Bonchev–Trinajstić information content (AvgIpc) is 0.906. The number of aliphatic hydroxyl groups excluding tert-OH is 2. The molecule has 0 saturated heterocycles. The molecular weight excluding hydrogens is 1430 g/mol. The number of phosphoric acid groups is 2. The van der Waals surface area contributed by atoms with Crippen molar-refractivity contribution in [3.63, 3.8) is 0 Å². The van der Waals surface area contributed by atoms with Crippen molar-refractivity contribution >= 4 is 33.6 Å². The molecule has 0 saturated carbocycles. The van der Waals surface area contributed by atoms with Gasteiger partial charge < -0.3 is 34.2 Å². The molecule has 0 aromatic rings. The zero-order chi connectivity index (χ0) is 80.8. The summed E-state index contributed by atoms with van der Waals surface area (Å²) in [5.74, 6) is -1.59. The Kier molecular flexibility index (Phi) is 80.9. The van der Waals surface area contributed by atoms with Crippen LogP contribution in [0.3, 0.4) is 0 Å². The van der Waals surface area contributed by atoms with Gasteiger partial charge in [0, 0.05) is 19.3 Å². The Hall–Kier alpha value is -4.83. The Morgan fingerprint density at radius 2 is 0.477 bits per heavy atom. The number of allylic oxidation sites excluding steroid dienone is 26. The second-order valence-corrected chi connectivity index (χ2v) is 31.8. The molecule has 4 N–H and O–H groups in total. The van der Waals surface area contributed by atoms with E-state index < -0.39 is 91.5 Å². The number of aliphatic hydroxyl groups is 2. The molecule has 0 amide bonds. The number of hydrogen-bond acceptors (Lipinski definition) is 14. The summed E-state index contributed by atoms with van der Waals surface area (Å²) < 4.78 is 61.3.